The first-order valence-corrected chi connectivity index (χ1v) is 10.5. The zero-order valence-electron chi connectivity index (χ0n) is 16.4. The maximum atomic E-state index is 12.9. The van der Waals surface area contributed by atoms with E-state index in [0.29, 0.717) is 31.4 Å². The van der Waals surface area contributed by atoms with Crippen LogP contribution in [0.5, 0.6) is 0 Å². The zero-order valence-corrected chi connectivity index (χ0v) is 19.4. The van der Waals surface area contributed by atoms with Gasteiger partial charge < -0.3 is 9.74 Å². The number of hydrogen-bond donors (Lipinski definition) is 0. The van der Waals surface area contributed by atoms with Gasteiger partial charge in [-0.05, 0) is 42.3 Å². The molecule has 8 heteroatoms. The molecule has 0 spiro atoms. The van der Waals surface area contributed by atoms with E-state index in [1.807, 2.05) is 12.1 Å². The van der Waals surface area contributed by atoms with E-state index in [2.05, 4.69) is 12.1 Å². The molecule has 0 fully saturated rings. The molecular weight excluding hydrogens is 454 g/mol. The summed E-state index contributed by atoms with van der Waals surface area (Å²) in [5.74, 6) is -0.296. The molecule has 0 radical (unpaired) electrons. The molecule has 0 aromatic heterocycles. The summed E-state index contributed by atoms with van der Waals surface area (Å²) in [7, 11) is 3.18. The van der Waals surface area contributed by atoms with E-state index in [9.17, 15) is 4.79 Å². The Labute approximate surface area is 191 Å². The predicted octanol–water partition coefficient (Wildman–Crippen LogP) is 6.96. The fourth-order valence-electron chi connectivity index (χ4n) is 3.08. The third-order valence-corrected chi connectivity index (χ3v) is 5.56. The standard InChI is InChI=1S/C21H22Cl4N2O2/c1-4-5-17(13-6-7-18(24)19(25)10-13)20(26-29-3)12-27(2)21(28)14-8-15(22)11-16(23)9-14/h6-11,17H,4-5,12H2,1-3H3. The number of carbonyl (C=O) groups excluding carboxylic acids is 1. The van der Waals surface area contributed by atoms with Crippen molar-refractivity contribution in [3.63, 3.8) is 0 Å². The minimum atomic E-state index is -0.220. The molecule has 0 aliphatic rings. The highest BCUT2D eigenvalue weighted by Crippen LogP contribution is 2.30. The fraction of sp³-hybridized carbons (Fsp3) is 0.333. The SMILES string of the molecule is CCCC(C(CN(C)C(=O)c1cc(Cl)cc(Cl)c1)=NOC)c1ccc(Cl)c(Cl)c1. The first-order valence-electron chi connectivity index (χ1n) is 9.03. The van der Waals surface area contributed by atoms with Crippen LogP contribution in [0.4, 0.5) is 0 Å². The molecule has 0 aliphatic carbocycles. The number of rotatable bonds is 8. The minimum absolute atomic E-state index is 0.0760. The van der Waals surface area contributed by atoms with Crippen LogP contribution < -0.4 is 0 Å². The summed E-state index contributed by atoms with van der Waals surface area (Å²) in [5.41, 5.74) is 2.07. The quantitative estimate of drug-likeness (QED) is 0.306. The molecule has 4 nitrogen and oxygen atoms in total. The Kier molecular flexibility index (Phi) is 9.09. The van der Waals surface area contributed by atoms with E-state index in [0.717, 1.165) is 18.4 Å². The molecule has 0 heterocycles. The van der Waals surface area contributed by atoms with Crippen LogP contribution in [0.15, 0.2) is 41.6 Å². The molecule has 2 rings (SSSR count). The number of benzene rings is 2. The molecule has 0 aliphatic heterocycles. The van der Waals surface area contributed by atoms with Crippen molar-refractivity contribution in [2.75, 3.05) is 20.7 Å². The van der Waals surface area contributed by atoms with Gasteiger partial charge in [0.25, 0.3) is 5.91 Å². The van der Waals surface area contributed by atoms with Gasteiger partial charge >= 0.3 is 0 Å². The van der Waals surface area contributed by atoms with Crippen molar-refractivity contribution < 1.29 is 9.63 Å². The molecule has 1 unspecified atom stereocenters. The van der Waals surface area contributed by atoms with Crippen LogP contribution in [-0.2, 0) is 4.84 Å². The van der Waals surface area contributed by atoms with Crippen LogP contribution in [0.3, 0.4) is 0 Å². The second-order valence-electron chi connectivity index (χ2n) is 6.60. The van der Waals surface area contributed by atoms with Crippen LogP contribution in [0.1, 0.15) is 41.6 Å². The summed E-state index contributed by atoms with van der Waals surface area (Å²) in [6, 6.07) is 10.3. The van der Waals surface area contributed by atoms with Crippen molar-refractivity contribution in [2.45, 2.75) is 25.7 Å². The lowest BCUT2D eigenvalue weighted by atomic mass is 9.89. The third-order valence-electron chi connectivity index (χ3n) is 4.39. The summed E-state index contributed by atoms with van der Waals surface area (Å²) in [5, 5.41) is 5.98. The number of amides is 1. The molecule has 2 aromatic carbocycles. The zero-order chi connectivity index (χ0) is 21.6. The van der Waals surface area contributed by atoms with Crippen molar-refractivity contribution >= 4 is 58.0 Å². The van der Waals surface area contributed by atoms with Crippen molar-refractivity contribution in [1.29, 1.82) is 0 Å². The molecular formula is C21H22Cl4N2O2. The number of halogens is 4. The number of nitrogens with zero attached hydrogens (tertiary/aromatic N) is 2. The molecule has 0 saturated carbocycles. The van der Waals surface area contributed by atoms with Gasteiger partial charge in [0, 0.05) is 28.6 Å². The van der Waals surface area contributed by atoms with E-state index in [1.165, 1.54) is 7.11 Å². The Hall–Kier alpha value is -1.46. The molecule has 0 bridgehead atoms. The van der Waals surface area contributed by atoms with Gasteiger partial charge in [-0.1, -0.05) is 71.0 Å². The molecule has 1 amide bonds. The predicted molar refractivity (Wildman–Crippen MR) is 122 cm³/mol. The van der Waals surface area contributed by atoms with Gasteiger partial charge in [-0.3, -0.25) is 4.79 Å². The van der Waals surface area contributed by atoms with Crippen molar-refractivity contribution in [2.24, 2.45) is 5.16 Å². The highest BCUT2D eigenvalue weighted by molar-refractivity contribution is 6.42. The van der Waals surface area contributed by atoms with Crippen molar-refractivity contribution in [3.05, 3.63) is 67.6 Å². The lowest BCUT2D eigenvalue weighted by Gasteiger charge is -2.24. The van der Waals surface area contributed by atoms with E-state index in [4.69, 9.17) is 51.2 Å². The third kappa shape index (κ3) is 6.51. The molecule has 156 valence electrons. The van der Waals surface area contributed by atoms with Crippen LogP contribution in [-0.4, -0.2) is 37.2 Å². The van der Waals surface area contributed by atoms with E-state index >= 15 is 0 Å². The lowest BCUT2D eigenvalue weighted by Crippen LogP contribution is -2.34. The monoisotopic (exact) mass is 474 g/mol. The summed E-state index contributed by atoms with van der Waals surface area (Å²) in [6.07, 6.45) is 1.72. The van der Waals surface area contributed by atoms with Crippen molar-refractivity contribution in [1.82, 2.24) is 4.90 Å². The molecule has 29 heavy (non-hydrogen) atoms. The minimum Gasteiger partial charge on any atom is -0.399 e. The average molecular weight is 476 g/mol. The summed E-state index contributed by atoms with van der Waals surface area (Å²) in [4.78, 5) is 19.5. The normalized spacial score (nSPS) is 12.6. The Balaban J connectivity index is 2.31. The number of oxime groups is 1. The van der Waals surface area contributed by atoms with Gasteiger partial charge in [-0.25, -0.2) is 0 Å². The van der Waals surface area contributed by atoms with Gasteiger partial charge in [0.05, 0.1) is 22.3 Å². The Morgan fingerprint density at radius 1 is 1.07 bits per heavy atom. The van der Waals surface area contributed by atoms with Crippen LogP contribution in [0.25, 0.3) is 0 Å². The largest absolute Gasteiger partial charge is 0.399 e. The van der Waals surface area contributed by atoms with Gasteiger partial charge in [0.2, 0.25) is 0 Å². The molecule has 0 saturated heterocycles. The highest BCUT2D eigenvalue weighted by Gasteiger charge is 2.23. The first kappa shape index (κ1) is 23.8. The van der Waals surface area contributed by atoms with Crippen LogP contribution in [0, 0.1) is 0 Å². The molecule has 2 aromatic rings. The Morgan fingerprint density at radius 2 is 1.72 bits per heavy atom. The number of hydrogen-bond acceptors (Lipinski definition) is 3. The molecule has 1 atom stereocenters. The van der Waals surface area contributed by atoms with Gasteiger partial charge in [0.1, 0.15) is 7.11 Å². The van der Waals surface area contributed by atoms with Crippen LogP contribution >= 0.6 is 46.4 Å². The summed E-state index contributed by atoms with van der Waals surface area (Å²) < 4.78 is 0. The topological polar surface area (TPSA) is 41.9 Å². The summed E-state index contributed by atoms with van der Waals surface area (Å²) in [6.45, 7) is 2.35. The average Bonchev–Trinajstić information content (AvgIpc) is 2.66. The van der Waals surface area contributed by atoms with Gasteiger partial charge in [-0.15, -0.1) is 0 Å². The second kappa shape index (κ2) is 11.1. The van der Waals surface area contributed by atoms with Crippen LogP contribution in [0.2, 0.25) is 20.1 Å². The highest BCUT2D eigenvalue weighted by atomic mass is 35.5. The van der Waals surface area contributed by atoms with E-state index < -0.39 is 0 Å². The fourth-order valence-corrected chi connectivity index (χ4v) is 3.91. The Morgan fingerprint density at radius 3 is 2.28 bits per heavy atom. The smallest absolute Gasteiger partial charge is 0.254 e. The van der Waals surface area contributed by atoms with Crippen molar-refractivity contribution in [3.8, 4) is 0 Å². The summed E-state index contributed by atoms with van der Waals surface area (Å²) >= 11 is 24.3. The maximum absolute atomic E-state index is 12.9. The van der Waals surface area contributed by atoms with Gasteiger partial charge in [-0.2, -0.15) is 0 Å². The number of carbonyl (C=O) groups is 1. The first-order chi connectivity index (χ1) is 13.8. The van der Waals surface area contributed by atoms with E-state index in [1.54, 1.807) is 36.2 Å². The second-order valence-corrected chi connectivity index (χ2v) is 8.29. The maximum Gasteiger partial charge on any atom is 0.254 e. The molecule has 0 N–H and O–H groups in total. The Bertz CT molecular complexity index is 882. The van der Waals surface area contributed by atoms with E-state index in [-0.39, 0.29) is 18.4 Å². The van der Waals surface area contributed by atoms with Gasteiger partial charge in [0.15, 0.2) is 0 Å². The lowest BCUT2D eigenvalue weighted by molar-refractivity contribution is 0.0812.